The van der Waals surface area contributed by atoms with Gasteiger partial charge in [-0.15, -0.1) is 0 Å². The number of hydrogen-bond donors (Lipinski definition) is 0. The topological polar surface area (TPSA) is 38.9 Å². The highest BCUT2D eigenvalue weighted by Gasteiger charge is 2.18. The third-order valence-corrected chi connectivity index (χ3v) is 5.04. The standard InChI is InChI=1S/C24H17FN2O/c1-14-13-26-21(12-19(14)16-6-4-3-5-7-16)17-10-11-20(25)22-18-9-8-15(2)27-24(18)28-23(17)22/h3-13H,1-2H3. The van der Waals surface area contributed by atoms with Crippen LogP contribution in [0.2, 0.25) is 0 Å². The van der Waals surface area contributed by atoms with Gasteiger partial charge in [0.25, 0.3) is 0 Å². The van der Waals surface area contributed by atoms with Crippen molar-refractivity contribution in [3.05, 3.63) is 83.9 Å². The van der Waals surface area contributed by atoms with Gasteiger partial charge in [-0.05, 0) is 60.9 Å². The van der Waals surface area contributed by atoms with Gasteiger partial charge in [0.05, 0.1) is 16.5 Å². The molecule has 3 heterocycles. The van der Waals surface area contributed by atoms with Crippen molar-refractivity contribution in [2.24, 2.45) is 0 Å². The van der Waals surface area contributed by atoms with Crippen molar-refractivity contribution in [1.82, 2.24) is 9.97 Å². The summed E-state index contributed by atoms with van der Waals surface area (Å²) in [4.78, 5) is 9.01. The van der Waals surface area contributed by atoms with Crippen LogP contribution in [0.25, 0.3) is 44.5 Å². The van der Waals surface area contributed by atoms with Crippen LogP contribution >= 0.6 is 0 Å². The van der Waals surface area contributed by atoms with Crippen molar-refractivity contribution in [3.63, 3.8) is 0 Å². The highest BCUT2D eigenvalue weighted by molar-refractivity contribution is 6.08. The Morgan fingerprint density at radius 1 is 0.893 bits per heavy atom. The van der Waals surface area contributed by atoms with Crippen molar-refractivity contribution in [2.75, 3.05) is 0 Å². The Labute approximate surface area is 161 Å². The first-order chi connectivity index (χ1) is 13.6. The summed E-state index contributed by atoms with van der Waals surface area (Å²) in [5.74, 6) is -0.321. The summed E-state index contributed by atoms with van der Waals surface area (Å²) in [6.07, 6.45) is 1.85. The predicted molar refractivity (Wildman–Crippen MR) is 110 cm³/mol. The highest BCUT2D eigenvalue weighted by atomic mass is 19.1. The molecule has 0 unspecified atom stereocenters. The molecule has 0 amide bonds. The average molecular weight is 368 g/mol. The van der Waals surface area contributed by atoms with E-state index >= 15 is 0 Å². The lowest BCUT2D eigenvalue weighted by Crippen LogP contribution is -1.91. The molecule has 0 N–H and O–H groups in total. The molecule has 136 valence electrons. The quantitative estimate of drug-likeness (QED) is 0.359. The minimum Gasteiger partial charge on any atom is -0.437 e. The maximum Gasteiger partial charge on any atom is 0.227 e. The third kappa shape index (κ3) is 2.57. The molecule has 0 aliphatic heterocycles. The molecule has 5 aromatic rings. The Bertz CT molecular complexity index is 1340. The lowest BCUT2D eigenvalue weighted by Gasteiger charge is -2.09. The van der Waals surface area contributed by atoms with Crippen LogP contribution in [-0.2, 0) is 0 Å². The van der Waals surface area contributed by atoms with Gasteiger partial charge in [-0.1, -0.05) is 30.3 Å². The van der Waals surface area contributed by atoms with E-state index < -0.39 is 0 Å². The maximum absolute atomic E-state index is 14.6. The number of aromatic nitrogens is 2. The minimum atomic E-state index is -0.321. The number of rotatable bonds is 2. The number of hydrogen-bond acceptors (Lipinski definition) is 3. The van der Waals surface area contributed by atoms with Gasteiger partial charge in [0, 0.05) is 17.5 Å². The first kappa shape index (κ1) is 16.6. The average Bonchev–Trinajstić information content (AvgIpc) is 3.09. The summed E-state index contributed by atoms with van der Waals surface area (Å²) in [5, 5.41) is 1.12. The lowest BCUT2D eigenvalue weighted by atomic mass is 9.99. The van der Waals surface area contributed by atoms with Crippen LogP contribution in [-0.4, -0.2) is 9.97 Å². The van der Waals surface area contributed by atoms with Crippen molar-refractivity contribution >= 4 is 22.1 Å². The largest absolute Gasteiger partial charge is 0.437 e. The minimum absolute atomic E-state index is 0.321. The number of fused-ring (bicyclic) bond motifs is 3. The van der Waals surface area contributed by atoms with Gasteiger partial charge in [-0.25, -0.2) is 9.37 Å². The van der Waals surface area contributed by atoms with E-state index in [0.29, 0.717) is 22.1 Å². The van der Waals surface area contributed by atoms with Gasteiger partial charge in [-0.3, -0.25) is 4.98 Å². The molecule has 0 spiro atoms. The van der Waals surface area contributed by atoms with E-state index in [-0.39, 0.29) is 5.82 Å². The fourth-order valence-electron chi connectivity index (χ4n) is 3.61. The van der Waals surface area contributed by atoms with Gasteiger partial charge in [0.2, 0.25) is 5.71 Å². The van der Waals surface area contributed by atoms with Crippen molar-refractivity contribution in [3.8, 4) is 22.4 Å². The molecule has 0 radical (unpaired) electrons. The van der Waals surface area contributed by atoms with E-state index in [1.807, 2.05) is 56.4 Å². The first-order valence-corrected chi connectivity index (χ1v) is 9.12. The summed E-state index contributed by atoms with van der Waals surface area (Å²) in [6, 6.07) is 19.1. The smallest absolute Gasteiger partial charge is 0.227 e. The molecule has 5 rings (SSSR count). The van der Waals surface area contributed by atoms with Gasteiger partial charge < -0.3 is 4.42 Å². The Morgan fingerprint density at radius 2 is 1.71 bits per heavy atom. The van der Waals surface area contributed by atoms with Crippen LogP contribution in [0, 0.1) is 19.7 Å². The number of benzene rings is 2. The molecule has 0 aliphatic carbocycles. The molecular weight excluding hydrogens is 351 g/mol. The highest BCUT2D eigenvalue weighted by Crippen LogP contribution is 2.37. The first-order valence-electron chi connectivity index (χ1n) is 9.12. The molecule has 0 saturated carbocycles. The van der Waals surface area contributed by atoms with Crippen LogP contribution in [0.15, 0.2) is 71.3 Å². The number of aryl methyl sites for hydroxylation is 2. The van der Waals surface area contributed by atoms with Gasteiger partial charge in [-0.2, -0.15) is 0 Å². The van der Waals surface area contributed by atoms with E-state index in [1.54, 1.807) is 6.07 Å². The van der Waals surface area contributed by atoms with Crippen LogP contribution in [0.5, 0.6) is 0 Å². The van der Waals surface area contributed by atoms with Crippen molar-refractivity contribution in [2.45, 2.75) is 13.8 Å². The Balaban J connectivity index is 1.78. The third-order valence-electron chi connectivity index (χ3n) is 5.04. The number of halogens is 1. The predicted octanol–water partition coefficient (Wildman–Crippen LogP) is 6.47. The van der Waals surface area contributed by atoms with Crippen LogP contribution in [0.1, 0.15) is 11.3 Å². The van der Waals surface area contributed by atoms with Crippen LogP contribution in [0.4, 0.5) is 4.39 Å². The second kappa shape index (κ2) is 6.27. The molecule has 0 fully saturated rings. The summed E-state index contributed by atoms with van der Waals surface area (Å²) in [5.41, 5.74) is 6.52. The fraction of sp³-hybridized carbons (Fsp3) is 0.0833. The zero-order chi connectivity index (χ0) is 19.3. The molecule has 2 aromatic carbocycles. The number of furan rings is 1. The summed E-state index contributed by atoms with van der Waals surface area (Å²) in [7, 11) is 0. The van der Waals surface area contributed by atoms with Gasteiger partial charge in [0.1, 0.15) is 11.4 Å². The Morgan fingerprint density at radius 3 is 2.54 bits per heavy atom. The molecule has 0 atom stereocenters. The molecule has 0 aliphatic rings. The molecular formula is C24H17FN2O. The Hall–Kier alpha value is -3.53. The fourth-order valence-corrected chi connectivity index (χ4v) is 3.61. The second-order valence-corrected chi connectivity index (χ2v) is 6.96. The van der Waals surface area contributed by atoms with Crippen molar-refractivity contribution in [1.29, 1.82) is 0 Å². The van der Waals surface area contributed by atoms with E-state index in [0.717, 1.165) is 33.6 Å². The van der Waals surface area contributed by atoms with Gasteiger partial charge >= 0.3 is 0 Å². The molecule has 0 saturated heterocycles. The Kier molecular flexibility index (Phi) is 3.72. The molecule has 28 heavy (non-hydrogen) atoms. The zero-order valence-corrected chi connectivity index (χ0v) is 15.5. The van der Waals surface area contributed by atoms with E-state index in [1.165, 1.54) is 6.07 Å². The summed E-state index contributed by atoms with van der Waals surface area (Å²) in [6.45, 7) is 3.92. The van der Waals surface area contributed by atoms with Crippen molar-refractivity contribution < 1.29 is 8.81 Å². The second-order valence-electron chi connectivity index (χ2n) is 6.96. The molecule has 3 aromatic heterocycles. The SMILES string of the molecule is Cc1ccc2c(n1)oc1c(-c3cc(-c4ccccc4)c(C)cn3)ccc(F)c12. The number of pyridine rings is 2. The maximum atomic E-state index is 14.6. The van der Waals surface area contributed by atoms with E-state index in [4.69, 9.17) is 4.42 Å². The van der Waals surface area contributed by atoms with Crippen LogP contribution in [0.3, 0.4) is 0 Å². The molecule has 0 bridgehead atoms. The lowest BCUT2D eigenvalue weighted by molar-refractivity contribution is 0.631. The monoisotopic (exact) mass is 368 g/mol. The van der Waals surface area contributed by atoms with Gasteiger partial charge in [0.15, 0.2) is 0 Å². The normalized spacial score (nSPS) is 11.4. The van der Waals surface area contributed by atoms with E-state index in [9.17, 15) is 4.39 Å². The van der Waals surface area contributed by atoms with E-state index in [2.05, 4.69) is 22.1 Å². The molecule has 3 nitrogen and oxygen atoms in total. The summed E-state index contributed by atoms with van der Waals surface area (Å²) < 4.78 is 20.6. The number of nitrogens with zero attached hydrogens (tertiary/aromatic N) is 2. The zero-order valence-electron chi connectivity index (χ0n) is 15.5. The van der Waals surface area contributed by atoms with Crippen LogP contribution < -0.4 is 0 Å². The molecule has 4 heteroatoms. The summed E-state index contributed by atoms with van der Waals surface area (Å²) >= 11 is 0.